The van der Waals surface area contributed by atoms with Crippen molar-refractivity contribution >= 4 is 5.97 Å². The Morgan fingerprint density at radius 2 is 1.47 bits per heavy atom. The van der Waals surface area contributed by atoms with Crippen LogP contribution >= 0.6 is 0 Å². The predicted octanol–water partition coefficient (Wildman–Crippen LogP) is 3.81. The molecule has 0 bridgehead atoms. The van der Waals surface area contributed by atoms with Gasteiger partial charge in [-0.3, -0.25) is 4.79 Å². The van der Waals surface area contributed by atoms with E-state index in [1.165, 1.54) is 0 Å². The molecule has 0 rings (SSSR count). The molecule has 0 amide bonds. The van der Waals surface area contributed by atoms with Gasteiger partial charge in [-0.1, -0.05) is 34.6 Å². The lowest BCUT2D eigenvalue weighted by molar-refractivity contribution is -0.150. The van der Waals surface area contributed by atoms with Crippen LogP contribution in [0.25, 0.3) is 0 Å². The molecule has 0 heterocycles. The normalized spacial score (nSPS) is 17.3. The average molecular weight is 214 g/mol. The van der Waals surface area contributed by atoms with Gasteiger partial charge in [0.25, 0.3) is 0 Å². The maximum Gasteiger partial charge on any atom is 0.309 e. The third kappa shape index (κ3) is 3.84. The first kappa shape index (κ1) is 14.5. The van der Waals surface area contributed by atoms with Crippen LogP contribution in [0.5, 0.6) is 0 Å². The standard InChI is InChI=1S/C13H26O2/c1-9(12(3,4)5)8-10(2)13(6,7)11(14)15/h9-10H,8H2,1-7H3,(H,14,15). The average Bonchev–Trinajstić information content (AvgIpc) is 2.01. The molecule has 0 aromatic carbocycles. The van der Waals surface area contributed by atoms with Crippen LogP contribution < -0.4 is 0 Å². The molecule has 2 unspecified atom stereocenters. The quantitative estimate of drug-likeness (QED) is 0.772. The number of carboxylic acids is 1. The van der Waals surface area contributed by atoms with E-state index in [0.717, 1.165) is 6.42 Å². The second-order valence-corrected chi connectivity index (χ2v) is 6.43. The van der Waals surface area contributed by atoms with Crippen molar-refractivity contribution in [2.24, 2.45) is 22.7 Å². The van der Waals surface area contributed by atoms with E-state index in [2.05, 4.69) is 27.7 Å². The highest BCUT2D eigenvalue weighted by Crippen LogP contribution is 2.37. The molecule has 0 saturated heterocycles. The molecule has 0 aromatic rings. The summed E-state index contributed by atoms with van der Waals surface area (Å²) < 4.78 is 0. The number of hydrogen-bond acceptors (Lipinski definition) is 1. The number of carbonyl (C=O) groups is 1. The Morgan fingerprint density at radius 1 is 1.07 bits per heavy atom. The summed E-state index contributed by atoms with van der Waals surface area (Å²) in [5.41, 5.74) is -0.373. The van der Waals surface area contributed by atoms with Crippen molar-refractivity contribution < 1.29 is 9.90 Å². The molecule has 0 spiro atoms. The minimum Gasteiger partial charge on any atom is -0.481 e. The van der Waals surface area contributed by atoms with Crippen molar-refractivity contribution in [2.75, 3.05) is 0 Å². The van der Waals surface area contributed by atoms with E-state index in [1.807, 2.05) is 20.8 Å². The fraction of sp³-hybridized carbons (Fsp3) is 0.923. The van der Waals surface area contributed by atoms with Gasteiger partial charge in [0.15, 0.2) is 0 Å². The van der Waals surface area contributed by atoms with Crippen LogP contribution in [-0.4, -0.2) is 11.1 Å². The summed E-state index contributed by atoms with van der Waals surface area (Å²) in [6, 6.07) is 0. The predicted molar refractivity (Wildman–Crippen MR) is 63.8 cm³/mol. The largest absolute Gasteiger partial charge is 0.481 e. The van der Waals surface area contributed by atoms with Gasteiger partial charge in [0, 0.05) is 0 Å². The Kier molecular flexibility index (Phi) is 4.38. The van der Waals surface area contributed by atoms with Crippen LogP contribution in [0, 0.1) is 22.7 Å². The molecule has 0 aromatic heterocycles. The van der Waals surface area contributed by atoms with Gasteiger partial charge in [-0.25, -0.2) is 0 Å². The maximum atomic E-state index is 11.1. The maximum absolute atomic E-state index is 11.1. The van der Waals surface area contributed by atoms with Crippen LogP contribution in [0.3, 0.4) is 0 Å². The molecular weight excluding hydrogens is 188 g/mol. The van der Waals surface area contributed by atoms with E-state index < -0.39 is 11.4 Å². The Morgan fingerprint density at radius 3 is 1.73 bits per heavy atom. The molecule has 0 aliphatic heterocycles. The zero-order valence-electron chi connectivity index (χ0n) is 11.2. The van der Waals surface area contributed by atoms with Crippen molar-refractivity contribution in [1.29, 1.82) is 0 Å². The van der Waals surface area contributed by atoms with Gasteiger partial charge in [-0.15, -0.1) is 0 Å². The van der Waals surface area contributed by atoms with Gasteiger partial charge < -0.3 is 5.11 Å². The molecule has 2 atom stereocenters. The number of aliphatic carboxylic acids is 1. The molecule has 2 heteroatoms. The molecule has 15 heavy (non-hydrogen) atoms. The van der Waals surface area contributed by atoms with Crippen molar-refractivity contribution in [3.8, 4) is 0 Å². The van der Waals surface area contributed by atoms with Gasteiger partial charge in [0.1, 0.15) is 0 Å². The highest BCUT2D eigenvalue weighted by molar-refractivity contribution is 5.73. The third-order valence-electron chi connectivity index (χ3n) is 3.97. The molecule has 2 nitrogen and oxygen atoms in total. The van der Waals surface area contributed by atoms with Gasteiger partial charge >= 0.3 is 5.97 Å². The van der Waals surface area contributed by atoms with Gasteiger partial charge in [0.05, 0.1) is 5.41 Å². The van der Waals surface area contributed by atoms with Crippen molar-refractivity contribution in [2.45, 2.75) is 54.9 Å². The zero-order chi connectivity index (χ0) is 12.4. The Balaban J connectivity index is 4.50. The van der Waals surface area contributed by atoms with E-state index in [4.69, 9.17) is 5.11 Å². The molecule has 0 fully saturated rings. The second-order valence-electron chi connectivity index (χ2n) is 6.43. The number of carboxylic acid groups (broad SMARTS) is 1. The number of rotatable bonds is 4. The topological polar surface area (TPSA) is 37.3 Å². The van der Waals surface area contributed by atoms with Gasteiger partial charge in [-0.2, -0.15) is 0 Å². The highest BCUT2D eigenvalue weighted by Gasteiger charge is 2.36. The lowest BCUT2D eigenvalue weighted by Gasteiger charge is -2.34. The summed E-state index contributed by atoms with van der Waals surface area (Å²) in [5.74, 6) is 0.0338. The first-order valence-electron chi connectivity index (χ1n) is 5.73. The molecule has 1 N–H and O–H groups in total. The molecular formula is C13H26O2. The first-order valence-corrected chi connectivity index (χ1v) is 5.73. The smallest absolute Gasteiger partial charge is 0.309 e. The Labute approximate surface area is 94.1 Å². The van der Waals surface area contributed by atoms with Crippen LogP contribution in [0.2, 0.25) is 0 Å². The SMILES string of the molecule is CC(CC(C)C(C)(C)C(=O)O)C(C)(C)C. The fourth-order valence-electron chi connectivity index (χ4n) is 1.39. The number of hydrogen-bond donors (Lipinski definition) is 1. The first-order chi connectivity index (χ1) is 6.49. The van der Waals surface area contributed by atoms with E-state index in [-0.39, 0.29) is 11.3 Å². The summed E-state index contributed by atoms with van der Waals surface area (Å²) >= 11 is 0. The minimum atomic E-state index is -0.698. The van der Waals surface area contributed by atoms with E-state index in [0.29, 0.717) is 5.92 Å². The molecule has 90 valence electrons. The van der Waals surface area contributed by atoms with E-state index in [9.17, 15) is 4.79 Å². The van der Waals surface area contributed by atoms with Gasteiger partial charge in [0.2, 0.25) is 0 Å². The van der Waals surface area contributed by atoms with E-state index in [1.54, 1.807) is 0 Å². The summed E-state index contributed by atoms with van der Waals surface area (Å²) in [5, 5.41) is 9.13. The van der Waals surface area contributed by atoms with Crippen LogP contribution in [0.4, 0.5) is 0 Å². The van der Waals surface area contributed by atoms with Crippen molar-refractivity contribution in [3.05, 3.63) is 0 Å². The lowest BCUT2D eigenvalue weighted by Crippen LogP contribution is -2.33. The van der Waals surface area contributed by atoms with Crippen molar-refractivity contribution in [1.82, 2.24) is 0 Å². The monoisotopic (exact) mass is 214 g/mol. The Hall–Kier alpha value is -0.530. The zero-order valence-corrected chi connectivity index (χ0v) is 11.2. The molecule has 0 aliphatic rings. The lowest BCUT2D eigenvalue weighted by atomic mass is 9.70. The fourth-order valence-corrected chi connectivity index (χ4v) is 1.39. The van der Waals surface area contributed by atoms with Crippen LogP contribution in [-0.2, 0) is 4.79 Å². The minimum absolute atomic E-state index is 0.198. The Bertz CT molecular complexity index is 223. The molecule has 0 radical (unpaired) electrons. The molecule has 0 saturated carbocycles. The van der Waals surface area contributed by atoms with Crippen LogP contribution in [0.15, 0.2) is 0 Å². The van der Waals surface area contributed by atoms with Gasteiger partial charge in [-0.05, 0) is 37.5 Å². The van der Waals surface area contributed by atoms with E-state index >= 15 is 0 Å². The summed E-state index contributed by atoms with van der Waals surface area (Å²) in [6.07, 6.45) is 0.961. The second kappa shape index (κ2) is 4.54. The van der Waals surface area contributed by atoms with Crippen LogP contribution in [0.1, 0.15) is 54.9 Å². The summed E-state index contributed by atoms with van der Waals surface area (Å²) in [4.78, 5) is 11.1. The van der Waals surface area contributed by atoms with Crippen molar-refractivity contribution in [3.63, 3.8) is 0 Å². The summed E-state index contributed by atoms with van der Waals surface area (Å²) in [6.45, 7) is 14.5. The molecule has 0 aliphatic carbocycles. The third-order valence-corrected chi connectivity index (χ3v) is 3.97. The highest BCUT2D eigenvalue weighted by atomic mass is 16.4. The summed E-state index contributed by atoms with van der Waals surface area (Å²) in [7, 11) is 0.